The molecule has 1 amide bonds. The van der Waals surface area contributed by atoms with Crippen LogP contribution in [-0.4, -0.2) is 28.6 Å². The molecule has 0 spiro atoms. The zero-order valence-electron chi connectivity index (χ0n) is 19.9. The molecule has 0 radical (unpaired) electrons. The molecular formula is C24H36N4O4. The summed E-state index contributed by atoms with van der Waals surface area (Å²) >= 11 is 0. The lowest BCUT2D eigenvalue weighted by atomic mass is 10.1. The first-order valence-electron chi connectivity index (χ1n) is 11.3. The normalized spacial score (nSPS) is 11.1. The van der Waals surface area contributed by atoms with Crippen LogP contribution in [0.15, 0.2) is 27.8 Å². The maximum Gasteiger partial charge on any atom is 0.330 e. The van der Waals surface area contributed by atoms with Gasteiger partial charge in [0.1, 0.15) is 11.6 Å². The van der Waals surface area contributed by atoms with E-state index < -0.39 is 11.2 Å². The van der Waals surface area contributed by atoms with Crippen molar-refractivity contribution in [3.63, 3.8) is 0 Å². The number of ether oxygens (including phenoxy) is 1. The number of hydrogen-bond donors (Lipinski definition) is 2. The van der Waals surface area contributed by atoms with Crippen LogP contribution in [0.1, 0.15) is 57.6 Å². The quantitative estimate of drug-likeness (QED) is 0.552. The van der Waals surface area contributed by atoms with E-state index >= 15 is 0 Å². The third-order valence-electron chi connectivity index (χ3n) is 5.35. The predicted molar refractivity (Wildman–Crippen MR) is 128 cm³/mol. The summed E-state index contributed by atoms with van der Waals surface area (Å²) in [7, 11) is 0. The van der Waals surface area contributed by atoms with Gasteiger partial charge in [-0.25, -0.2) is 4.79 Å². The standard InChI is InChI=1S/C24H36N4O4/c1-6-7-12-28-22(25)21(23(30)26-24(28)31)27(13-10-16(2)3)20(29)11-14-32-19-9-8-17(4)15-18(19)5/h8-9,15-16H,6-7,10-14,25H2,1-5H3,(H,26,30,31). The fourth-order valence-electron chi connectivity index (χ4n) is 3.47. The van der Waals surface area contributed by atoms with Gasteiger partial charge in [0, 0.05) is 13.1 Å². The van der Waals surface area contributed by atoms with Crippen molar-refractivity contribution in [1.82, 2.24) is 9.55 Å². The summed E-state index contributed by atoms with van der Waals surface area (Å²) in [6.45, 7) is 10.9. The molecule has 0 fully saturated rings. The van der Waals surface area contributed by atoms with E-state index in [9.17, 15) is 14.4 Å². The molecule has 0 aliphatic heterocycles. The number of hydrogen-bond acceptors (Lipinski definition) is 5. The van der Waals surface area contributed by atoms with Crippen molar-refractivity contribution in [2.75, 3.05) is 23.8 Å². The largest absolute Gasteiger partial charge is 0.493 e. The SMILES string of the molecule is CCCCn1c(N)c(N(CCC(C)C)C(=O)CCOc2ccc(C)cc2C)c(=O)[nH]c1=O. The number of unbranched alkanes of at least 4 members (excludes halogenated alkanes) is 1. The van der Waals surface area contributed by atoms with Crippen molar-refractivity contribution in [2.24, 2.45) is 5.92 Å². The summed E-state index contributed by atoms with van der Waals surface area (Å²) in [5.41, 5.74) is 7.22. The number of carbonyl (C=O) groups is 1. The molecule has 0 atom stereocenters. The molecule has 0 saturated carbocycles. The number of nitrogens with zero attached hydrogens (tertiary/aromatic N) is 2. The Morgan fingerprint density at radius 2 is 1.97 bits per heavy atom. The molecule has 0 bridgehead atoms. The van der Waals surface area contributed by atoms with Gasteiger partial charge >= 0.3 is 5.69 Å². The van der Waals surface area contributed by atoms with Crippen LogP contribution in [0.4, 0.5) is 11.5 Å². The van der Waals surface area contributed by atoms with Crippen molar-refractivity contribution in [1.29, 1.82) is 0 Å². The Labute approximate surface area is 189 Å². The summed E-state index contributed by atoms with van der Waals surface area (Å²) in [5.74, 6) is 0.804. The van der Waals surface area contributed by atoms with E-state index in [1.54, 1.807) is 0 Å². The van der Waals surface area contributed by atoms with Crippen molar-refractivity contribution >= 4 is 17.4 Å². The zero-order valence-corrected chi connectivity index (χ0v) is 19.9. The maximum atomic E-state index is 13.2. The van der Waals surface area contributed by atoms with Gasteiger partial charge in [0.05, 0.1) is 13.0 Å². The minimum Gasteiger partial charge on any atom is -0.493 e. The van der Waals surface area contributed by atoms with E-state index in [4.69, 9.17) is 10.5 Å². The van der Waals surface area contributed by atoms with Gasteiger partial charge in [-0.3, -0.25) is 19.1 Å². The maximum absolute atomic E-state index is 13.2. The van der Waals surface area contributed by atoms with E-state index in [-0.39, 0.29) is 30.4 Å². The number of rotatable bonds is 11. The highest BCUT2D eigenvalue weighted by molar-refractivity contribution is 5.95. The molecule has 2 rings (SSSR count). The van der Waals surface area contributed by atoms with E-state index in [2.05, 4.69) is 4.98 Å². The average molecular weight is 445 g/mol. The molecule has 0 aliphatic carbocycles. The highest BCUT2D eigenvalue weighted by Crippen LogP contribution is 2.21. The third-order valence-corrected chi connectivity index (χ3v) is 5.35. The van der Waals surface area contributed by atoms with Crippen LogP contribution in [0.25, 0.3) is 0 Å². The van der Waals surface area contributed by atoms with Crippen LogP contribution in [0, 0.1) is 19.8 Å². The molecule has 1 aromatic heterocycles. The first kappa shape index (κ1) is 25.2. The summed E-state index contributed by atoms with van der Waals surface area (Å²) in [4.78, 5) is 41.8. The van der Waals surface area contributed by atoms with Crippen molar-refractivity contribution in [2.45, 2.75) is 66.8 Å². The van der Waals surface area contributed by atoms with Crippen LogP contribution < -0.4 is 26.6 Å². The van der Waals surface area contributed by atoms with E-state index in [0.29, 0.717) is 25.4 Å². The van der Waals surface area contributed by atoms with Crippen molar-refractivity contribution in [3.8, 4) is 5.75 Å². The van der Waals surface area contributed by atoms with Gasteiger partial charge in [-0.15, -0.1) is 0 Å². The molecule has 2 aromatic rings. The zero-order chi connectivity index (χ0) is 23.8. The lowest BCUT2D eigenvalue weighted by Crippen LogP contribution is -2.42. The summed E-state index contributed by atoms with van der Waals surface area (Å²) < 4.78 is 7.15. The minimum atomic E-state index is -0.646. The van der Waals surface area contributed by atoms with E-state index in [1.807, 2.05) is 52.8 Å². The average Bonchev–Trinajstić information content (AvgIpc) is 2.71. The van der Waals surface area contributed by atoms with Gasteiger partial charge < -0.3 is 15.4 Å². The molecular weight excluding hydrogens is 408 g/mol. The molecule has 0 unspecified atom stereocenters. The Morgan fingerprint density at radius 3 is 2.59 bits per heavy atom. The Morgan fingerprint density at radius 1 is 1.25 bits per heavy atom. The number of nitrogens with two attached hydrogens (primary N) is 1. The molecule has 3 N–H and O–H groups in total. The van der Waals surface area contributed by atoms with Gasteiger partial charge in [0.15, 0.2) is 5.69 Å². The van der Waals surface area contributed by atoms with Gasteiger partial charge in [-0.1, -0.05) is 44.9 Å². The number of aromatic nitrogens is 2. The monoisotopic (exact) mass is 444 g/mol. The summed E-state index contributed by atoms with van der Waals surface area (Å²) in [5, 5.41) is 0. The number of H-pyrrole nitrogens is 1. The fourth-order valence-corrected chi connectivity index (χ4v) is 3.47. The number of aromatic amines is 1. The van der Waals surface area contributed by atoms with Crippen LogP contribution in [0.5, 0.6) is 5.75 Å². The highest BCUT2D eigenvalue weighted by atomic mass is 16.5. The molecule has 176 valence electrons. The molecule has 1 heterocycles. The number of nitrogens with one attached hydrogen (secondary N) is 1. The Kier molecular flexibility index (Phi) is 9.11. The second-order valence-corrected chi connectivity index (χ2v) is 8.59. The molecule has 1 aromatic carbocycles. The Hall–Kier alpha value is -3.03. The predicted octanol–water partition coefficient (Wildman–Crippen LogP) is 3.38. The minimum absolute atomic E-state index is 0.0274. The molecule has 0 saturated heterocycles. The number of anilines is 2. The molecule has 8 nitrogen and oxygen atoms in total. The molecule has 8 heteroatoms. The molecule has 32 heavy (non-hydrogen) atoms. The number of carbonyl (C=O) groups excluding carboxylic acids is 1. The van der Waals surface area contributed by atoms with Crippen molar-refractivity contribution in [3.05, 3.63) is 50.2 Å². The summed E-state index contributed by atoms with van der Waals surface area (Å²) in [6, 6.07) is 5.86. The highest BCUT2D eigenvalue weighted by Gasteiger charge is 2.24. The second-order valence-electron chi connectivity index (χ2n) is 8.59. The second kappa shape index (κ2) is 11.5. The third kappa shape index (κ3) is 6.48. The first-order chi connectivity index (χ1) is 15.1. The van der Waals surface area contributed by atoms with E-state index in [0.717, 1.165) is 29.7 Å². The van der Waals surface area contributed by atoms with E-state index in [1.165, 1.54) is 9.47 Å². The number of nitrogen functional groups attached to an aromatic ring is 1. The van der Waals surface area contributed by atoms with Crippen LogP contribution in [0.3, 0.4) is 0 Å². The number of amides is 1. The van der Waals surface area contributed by atoms with Gasteiger partial charge in [-0.2, -0.15) is 0 Å². The number of aryl methyl sites for hydroxylation is 2. The topological polar surface area (TPSA) is 110 Å². The fraction of sp³-hybridized carbons (Fsp3) is 0.542. The lowest BCUT2D eigenvalue weighted by molar-refractivity contribution is -0.119. The first-order valence-corrected chi connectivity index (χ1v) is 11.3. The number of benzene rings is 1. The van der Waals surface area contributed by atoms with Crippen LogP contribution >= 0.6 is 0 Å². The van der Waals surface area contributed by atoms with Gasteiger partial charge in [0.25, 0.3) is 5.56 Å². The Balaban J connectivity index is 2.28. The van der Waals surface area contributed by atoms with Crippen LogP contribution in [-0.2, 0) is 11.3 Å². The van der Waals surface area contributed by atoms with Gasteiger partial charge in [-0.05, 0) is 44.2 Å². The smallest absolute Gasteiger partial charge is 0.330 e. The lowest BCUT2D eigenvalue weighted by Gasteiger charge is -2.25. The summed E-state index contributed by atoms with van der Waals surface area (Å²) in [6.07, 6.45) is 2.38. The Bertz CT molecular complexity index is 1040. The van der Waals surface area contributed by atoms with Crippen molar-refractivity contribution < 1.29 is 9.53 Å². The van der Waals surface area contributed by atoms with Gasteiger partial charge in [0.2, 0.25) is 5.91 Å². The molecule has 0 aliphatic rings. The van der Waals surface area contributed by atoms with Crippen LogP contribution in [0.2, 0.25) is 0 Å².